The van der Waals surface area contributed by atoms with Gasteiger partial charge in [-0.1, -0.05) is 26.8 Å². The van der Waals surface area contributed by atoms with E-state index in [-0.39, 0.29) is 5.41 Å². The smallest absolute Gasteiger partial charge is 0.152 e. The van der Waals surface area contributed by atoms with Gasteiger partial charge in [-0.25, -0.2) is 4.98 Å². The van der Waals surface area contributed by atoms with Crippen molar-refractivity contribution in [3.8, 4) is 0 Å². The molecule has 0 aliphatic carbocycles. The zero-order chi connectivity index (χ0) is 17.2. The second-order valence-corrected chi connectivity index (χ2v) is 6.99. The molecule has 0 aliphatic rings. The number of fused-ring (bicyclic) bond motifs is 1. The van der Waals surface area contributed by atoms with Crippen LogP contribution in [-0.2, 0) is 6.54 Å². The minimum Gasteiger partial charge on any atom is -0.369 e. The van der Waals surface area contributed by atoms with Gasteiger partial charge in [0.15, 0.2) is 5.65 Å². The summed E-state index contributed by atoms with van der Waals surface area (Å²) < 4.78 is 1.72. The molecule has 7 heteroatoms. The van der Waals surface area contributed by atoms with Crippen molar-refractivity contribution in [2.75, 3.05) is 17.2 Å². The van der Waals surface area contributed by atoms with Gasteiger partial charge in [0, 0.05) is 37.7 Å². The maximum absolute atomic E-state index is 5.99. The average Bonchev–Trinajstić information content (AvgIpc) is 2.92. The lowest BCUT2D eigenvalue weighted by Gasteiger charge is -2.20. The molecule has 24 heavy (non-hydrogen) atoms. The standard InChI is InChI=1S/C17H21BN6/c1-17(2,3)11-21-14-7-15(20-9-12-5-4-6-19-8-12)24-16(23-14)13(18)10-22-24/h4-8,10,20H,9,11H2,1-3H3,(H,21,23). The van der Waals surface area contributed by atoms with E-state index in [2.05, 4.69) is 46.5 Å². The Morgan fingerprint density at radius 1 is 1.21 bits per heavy atom. The Morgan fingerprint density at radius 2 is 2.04 bits per heavy atom. The van der Waals surface area contributed by atoms with Gasteiger partial charge < -0.3 is 10.6 Å². The van der Waals surface area contributed by atoms with E-state index in [9.17, 15) is 0 Å². The maximum Gasteiger partial charge on any atom is 0.152 e. The number of pyridine rings is 1. The quantitative estimate of drug-likeness (QED) is 0.704. The summed E-state index contributed by atoms with van der Waals surface area (Å²) in [6.07, 6.45) is 5.21. The molecule has 0 bridgehead atoms. The Labute approximate surface area is 143 Å². The number of anilines is 2. The molecule has 0 spiro atoms. The van der Waals surface area contributed by atoms with E-state index in [0.717, 1.165) is 23.7 Å². The lowest BCUT2D eigenvalue weighted by atomic mass is 9.97. The third-order valence-corrected chi connectivity index (χ3v) is 3.50. The molecule has 0 aliphatic heterocycles. The number of rotatable bonds is 5. The molecular weight excluding hydrogens is 299 g/mol. The van der Waals surface area contributed by atoms with Crippen molar-refractivity contribution in [2.45, 2.75) is 27.3 Å². The van der Waals surface area contributed by atoms with Crippen LogP contribution < -0.4 is 16.1 Å². The number of nitrogens with one attached hydrogen (secondary N) is 2. The van der Waals surface area contributed by atoms with Crippen LogP contribution in [0.5, 0.6) is 0 Å². The first kappa shape index (κ1) is 16.3. The maximum atomic E-state index is 5.99. The lowest BCUT2D eigenvalue weighted by molar-refractivity contribution is 0.442. The van der Waals surface area contributed by atoms with Gasteiger partial charge in [0.25, 0.3) is 0 Å². The molecule has 0 atom stereocenters. The normalized spacial score (nSPS) is 11.6. The second kappa shape index (κ2) is 6.51. The predicted molar refractivity (Wildman–Crippen MR) is 97.9 cm³/mol. The molecule has 3 aromatic rings. The average molecular weight is 320 g/mol. The molecular formula is C17H21BN6. The molecule has 0 unspecified atom stereocenters. The summed E-state index contributed by atoms with van der Waals surface area (Å²) in [6.45, 7) is 7.98. The Hall–Kier alpha value is -2.57. The molecule has 2 N–H and O–H groups in total. The summed E-state index contributed by atoms with van der Waals surface area (Å²) in [5.41, 5.74) is 2.44. The van der Waals surface area contributed by atoms with Gasteiger partial charge in [0.05, 0.1) is 0 Å². The first-order valence-electron chi connectivity index (χ1n) is 7.93. The van der Waals surface area contributed by atoms with E-state index >= 15 is 0 Å². The van der Waals surface area contributed by atoms with Gasteiger partial charge in [-0.05, 0) is 22.5 Å². The number of aromatic nitrogens is 4. The first-order chi connectivity index (χ1) is 11.4. The second-order valence-electron chi connectivity index (χ2n) is 6.99. The molecule has 6 nitrogen and oxygen atoms in total. The number of nitrogens with zero attached hydrogens (tertiary/aromatic N) is 4. The molecule has 0 saturated carbocycles. The summed E-state index contributed by atoms with van der Waals surface area (Å²) in [7, 11) is 5.99. The third-order valence-electron chi connectivity index (χ3n) is 3.50. The van der Waals surface area contributed by atoms with Crippen molar-refractivity contribution in [3.05, 3.63) is 42.4 Å². The largest absolute Gasteiger partial charge is 0.369 e. The monoisotopic (exact) mass is 320 g/mol. The number of hydrogen-bond donors (Lipinski definition) is 2. The highest BCUT2D eigenvalue weighted by Gasteiger charge is 2.13. The number of hydrogen-bond acceptors (Lipinski definition) is 5. The van der Waals surface area contributed by atoms with Crippen molar-refractivity contribution >= 4 is 30.6 Å². The van der Waals surface area contributed by atoms with Gasteiger partial charge in [-0.2, -0.15) is 9.61 Å². The Morgan fingerprint density at radius 3 is 2.75 bits per heavy atom. The van der Waals surface area contributed by atoms with E-state index in [0.29, 0.717) is 17.7 Å². The van der Waals surface area contributed by atoms with Gasteiger partial charge in [-0.15, -0.1) is 0 Å². The Bertz CT molecular complexity index is 822. The van der Waals surface area contributed by atoms with E-state index in [1.54, 1.807) is 16.9 Å². The topological polar surface area (TPSA) is 67.1 Å². The Balaban J connectivity index is 1.87. The zero-order valence-corrected chi connectivity index (χ0v) is 14.2. The molecule has 122 valence electrons. The van der Waals surface area contributed by atoms with Crippen molar-refractivity contribution in [1.82, 2.24) is 19.6 Å². The molecule has 0 fully saturated rings. The summed E-state index contributed by atoms with van der Waals surface area (Å²) in [5, 5.41) is 11.1. The fourth-order valence-corrected chi connectivity index (χ4v) is 2.25. The van der Waals surface area contributed by atoms with Crippen molar-refractivity contribution < 1.29 is 0 Å². The first-order valence-corrected chi connectivity index (χ1v) is 7.93. The van der Waals surface area contributed by atoms with Crippen LogP contribution in [0.25, 0.3) is 5.65 Å². The molecule has 0 amide bonds. The third kappa shape index (κ3) is 3.85. The van der Waals surface area contributed by atoms with Crippen molar-refractivity contribution in [2.24, 2.45) is 5.41 Å². The van der Waals surface area contributed by atoms with Crippen LogP contribution in [0, 0.1) is 5.41 Å². The fourth-order valence-electron chi connectivity index (χ4n) is 2.25. The van der Waals surface area contributed by atoms with Crippen LogP contribution in [-0.4, -0.2) is 34.0 Å². The highest BCUT2D eigenvalue weighted by Crippen LogP contribution is 2.18. The summed E-state index contributed by atoms with van der Waals surface area (Å²) in [6, 6.07) is 5.89. The summed E-state index contributed by atoms with van der Waals surface area (Å²) >= 11 is 0. The summed E-state index contributed by atoms with van der Waals surface area (Å²) in [4.78, 5) is 8.70. The molecule has 0 aromatic carbocycles. The zero-order valence-electron chi connectivity index (χ0n) is 14.2. The molecule has 3 rings (SSSR count). The highest BCUT2D eigenvalue weighted by atomic mass is 15.3. The van der Waals surface area contributed by atoms with E-state index in [4.69, 9.17) is 7.85 Å². The minimum absolute atomic E-state index is 0.156. The van der Waals surface area contributed by atoms with Gasteiger partial charge >= 0.3 is 0 Å². The van der Waals surface area contributed by atoms with Gasteiger partial charge in [0.1, 0.15) is 19.5 Å². The van der Waals surface area contributed by atoms with Gasteiger partial charge in [-0.3, -0.25) is 4.98 Å². The van der Waals surface area contributed by atoms with Crippen LogP contribution in [0.3, 0.4) is 0 Å². The molecule has 0 saturated heterocycles. The van der Waals surface area contributed by atoms with E-state index in [1.165, 1.54) is 0 Å². The van der Waals surface area contributed by atoms with Crippen molar-refractivity contribution in [1.29, 1.82) is 0 Å². The van der Waals surface area contributed by atoms with E-state index in [1.807, 2.05) is 24.4 Å². The molecule has 2 radical (unpaired) electrons. The van der Waals surface area contributed by atoms with Crippen LogP contribution in [0.1, 0.15) is 26.3 Å². The van der Waals surface area contributed by atoms with Gasteiger partial charge in [0.2, 0.25) is 0 Å². The fraction of sp³-hybridized carbons (Fsp3) is 0.353. The molecule has 3 heterocycles. The Kier molecular flexibility index (Phi) is 4.42. The predicted octanol–water partition coefficient (Wildman–Crippen LogP) is 1.99. The SMILES string of the molecule is [B]c1cnn2c(NCc3cccnc3)cc(NCC(C)(C)C)nc12. The van der Waals surface area contributed by atoms with Crippen LogP contribution in [0.4, 0.5) is 11.6 Å². The van der Waals surface area contributed by atoms with E-state index < -0.39 is 0 Å². The van der Waals surface area contributed by atoms with Crippen LogP contribution in [0.15, 0.2) is 36.8 Å². The van der Waals surface area contributed by atoms with Crippen molar-refractivity contribution in [3.63, 3.8) is 0 Å². The lowest BCUT2D eigenvalue weighted by Crippen LogP contribution is -2.20. The minimum atomic E-state index is 0.156. The van der Waals surface area contributed by atoms with Crippen LogP contribution >= 0.6 is 0 Å². The molecule has 3 aromatic heterocycles. The van der Waals surface area contributed by atoms with Crippen LogP contribution in [0.2, 0.25) is 0 Å². The summed E-state index contributed by atoms with van der Waals surface area (Å²) in [5.74, 6) is 1.61. The highest BCUT2D eigenvalue weighted by molar-refractivity contribution is 6.36.